The van der Waals surface area contributed by atoms with Crippen molar-refractivity contribution in [2.24, 2.45) is 0 Å². The summed E-state index contributed by atoms with van der Waals surface area (Å²) in [6, 6.07) is 7.31. The number of rotatable bonds is 8. The molecule has 0 saturated heterocycles. The minimum Gasteiger partial charge on any atom is -0.473 e. The van der Waals surface area contributed by atoms with E-state index in [9.17, 15) is 13.6 Å². The Kier molecular flexibility index (Phi) is 6.70. The van der Waals surface area contributed by atoms with Crippen LogP contribution in [0.1, 0.15) is 60.3 Å². The van der Waals surface area contributed by atoms with Gasteiger partial charge in [-0.05, 0) is 51.0 Å². The van der Waals surface area contributed by atoms with Gasteiger partial charge in [-0.15, -0.1) is 0 Å². The third kappa shape index (κ3) is 4.61. The van der Waals surface area contributed by atoms with Crippen molar-refractivity contribution in [3.8, 4) is 5.88 Å². The summed E-state index contributed by atoms with van der Waals surface area (Å²) in [6.45, 7) is 7.43. The van der Waals surface area contributed by atoms with Gasteiger partial charge in [-0.25, -0.2) is 8.78 Å². The van der Waals surface area contributed by atoms with Crippen LogP contribution in [0.15, 0.2) is 30.3 Å². The van der Waals surface area contributed by atoms with Crippen LogP contribution >= 0.6 is 0 Å². The monoisotopic (exact) mass is 415 g/mol. The summed E-state index contributed by atoms with van der Waals surface area (Å²) in [5, 5.41) is 7.47. The molecule has 0 bridgehead atoms. The molecular weight excluding hydrogens is 388 g/mol. The third-order valence-electron chi connectivity index (χ3n) is 5.04. The van der Waals surface area contributed by atoms with Crippen LogP contribution in [0.2, 0.25) is 0 Å². The Hall–Kier alpha value is -2.96. The molecule has 160 valence electrons. The van der Waals surface area contributed by atoms with E-state index in [1.807, 2.05) is 19.9 Å². The van der Waals surface area contributed by atoms with E-state index in [1.54, 1.807) is 13.0 Å². The SMILES string of the molecule is CCCC[C@@H](C)NC(=O)c1c(C)nn2c(OCc3c(F)cccc3F)cc(C)cc12. The van der Waals surface area contributed by atoms with E-state index in [4.69, 9.17) is 4.74 Å². The predicted octanol–water partition coefficient (Wildman–Crippen LogP) is 5.12. The lowest BCUT2D eigenvalue weighted by Gasteiger charge is -2.14. The van der Waals surface area contributed by atoms with Crippen LogP contribution in [0, 0.1) is 25.5 Å². The summed E-state index contributed by atoms with van der Waals surface area (Å²) < 4.78 is 35.1. The van der Waals surface area contributed by atoms with E-state index in [0.29, 0.717) is 22.7 Å². The van der Waals surface area contributed by atoms with E-state index >= 15 is 0 Å². The van der Waals surface area contributed by atoms with Crippen LogP contribution in [0.4, 0.5) is 8.78 Å². The summed E-state index contributed by atoms with van der Waals surface area (Å²) in [6.07, 6.45) is 3.01. The quantitative estimate of drug-likeness (QED) is 0.556. The molecule has 3 rings (SSSR count). The maximum absolute atomic E-state index is 13.9. The van der Waals surface area contributed by atoms with Crippen LogP contribution in [0.5, 0.6) is 5.88 Å². The fourth-order valence-electron chi connectivity index (χ4n) is 3.44. The molecule has 3 aromatic rings. The molecule has 30 heavy (non-hydrogen) atoms. The number of nitrogens with one attached hydrogen (secondary N) is 1. The maximum Gasteiger partial charge on any atom is 0.255 e. The molecule has 0 aliphatic heterocycles. The minimum absolute atomic E-state index is 0.0522. The van der Waals surface area contributed by atoms with Crippen molar-refractivity contribution in [2.75, 3.05) is 0 Å². The number of amides is 1. The number of pyridine rings is 1. The highest BCUT2D eigenvalue weighted by Gasteiger charge is 2.21. The molecule has 0 unspecified atom stereocenters. The Morgan fingerprint density at radius 3 is 2.60 bits per heavy atom. The number of carbonyl (C=O) groups is 1. The van der Waals surface area contributed by atoms with Crippen molar-refractivity contribution in [3.63, 3.8) is 0 Å². The second-order valence-electron chi connectivity index (χ2n) is 7.63. The molecule has 2 heterocycles. The van der Waals surface area contributed by atoms with E-state index in [1.165, 1.54) is 22.7 Å². The highest BCUT2D eigenvalue weighted by molar-refractivity contribution is 6.02. The number of carbonyl (C=O) groups excluding carboxylic acids is 1. The molecule has 1 aromatic carbocycles. The van der Waals surface area contributed by atoms with Gasteiger partial charge in [0, 0.05) is 12.1 Å². The molecule has 0 saturated carbocycles. The van der Waals surface area contributed by atoms with Crippen LogP contribution in [-0.4, -0.2) is 21.6 Å². The number of fused-ring (bicyclic) bond motifs is 1. The van der Waals surface area contributed by atoms with Gasteiger partial charge in [-0.2, -0.15) is 9.61 Å². The molecule has 7 heteroatoms. The molecular formula is C23H27F2N3O2. The molecule has 0 aliphatic carbocycles. The fraction of sp³-hybridized carbons (Fsp3) is 0.391. The van der Waals surface area contributed by atoms with Crippen LogP contribution in [0.3, 0.4) is 0 Å². The minimum atomic E-state index is -0.670. The number of aryl methyl sites for hydroxylation is 2. The molecule has 2 aromatic heterocycles. The van der Waals surface area contributed by atoms with E-state index < -0.39 is 11.6 Å². The number of halogens is 2. The van der Waals surface area contributed by atoms with Gasteiger partial charge >= 0.3 is 0 Å². The highest BCUT2D eigenvalue weighted by atomic mass is 19.1. The first-order valence-corrected chi connectivity index (χ1v) is 10.2. The van der Waals surface area contributed by atoms with Crippen molar-refractivity contribution < 1.29 is 18.3 Å². The first kappa shape index (κ1) is 21.7. The van der Waals surface area contributed by atoms with Gasteiger partial charge in [-0.1, -0.05) is 25.8 Å². The molecule has 0 spiro atoms. The summed E-state index contributed by atoms with van der Waals surface area (Å²) in [4.78, 5) is 12.9. The van der Waals surface area contributed by atoms with Crippen molar-refractivity contribution in [1.29, 1.82) is 0 Å². The first-order valence-electron chi connectivity index (χ1n) is 10.2. The number of aromatic nitrogens is 2. The smallest absolute Gasteiger partial charge is 0.255 e. The fourth-order valence-corrected chi connectivity index (χ4v) is 3.44. The molecule has 1 N–H and O–H groups in total. The van der Waals surface area contributed by atoms with Gasteiger partial charge in [-0.3, -0.25) is 4.79 Å². The Balaban J connectivity index is 1.91. The molecule has 1 atom stereocenters. The Morgan fingerprint density at radius 1 is 1.23 bits per heavy atom. The van der Waals surface area contributed by atoms with Crippen molar-refractivity contribution >= 4 is 11.4 Å². The molecule has 0 fully saturated rings. The standard InChI is InChI=1S/C23H27F2N3O2/c1-5-6-8-15(3)26-23(29)22-16(4)27-28-20(22)11-14(2)12-21(28)30-13-17-18(24)9-7-10-19(17)25/h7,9-12,15H,5-6,8,13H2,1-4H3,(H,26,29)/t15-/m1/s1. The largest absolute Gasteiger partial charge is 0.473 e. The summed E-state index contributed by atoms with van der Waals surface area (Å²) in [5.74, 6) is -1.22. The Morgan fingerprint density at radius 2 is 1.93 bits per heavy atom. The predicted molar refractivity (Wildman–Crippen MR) is 112 cm³/mol. The van der Waals surface area contributed by atoms with Gasteiger partial charge in [0.25, 0.3) is 5.91 Å². The lowest BCUT2D eigenvalue weighted by molar-refractivity contribution is 0.0939. The first-order chi connectivity index (χ1) is 14.3. The molecule has 0 radical (unpaired) electrons. The van der Waals surface area contributed by atoms with Crippen LogP contribution in [0.25, 0.3) is 5.52 Å². The number of hydrogen-bond donors (Lipinski definition) is 1. The molecule has 0 aliphatic rings. The van der Waals surface area contributed by atoms with Crippen molar-refractivity contribution in [2.45, 2.75) is 59.6 Å². The second-order valence-corrected chi connectivity index (χ2v) is 7.63. The lowest BCUT2D eigenvalue weighted by atomic mass is 10.1. The second kappa shape index (κ2) is 9.24. The summed E-state index contributed by atoms with van der Waals surface area (Å²) in [7, 11) is 0. The zero-order chi connectivity index (χ0) is 21.8. The van der Waals surface area contributed by atoms with E-state index in [0.717, 1.165) is 24.8 Å². The number of unbranched alkanes of at least 4 members (excludes halogenated alkanes) is 1. The lowest BCUT2D eigenvalue weighted by Crippen LogP contribution is -2.32. The number of benzene rings is 1. The van der Waals surface area contributed by atoms with Crippen molar-refractivity contribution in [1.82, 2.24) is 14.9 Å². The van der Waals surface area contributed by atoms with Crippen LogP contribution in [-0.2, 0) is 6.61 Å². The van der Waals surface area contributed by atoms with Gasteiger partial charge in [0.1, 0.15) is 18.2 Å². The zero-order valence-corrected chi connectivity index (χ0v) is 17.8. The summed E-state index contributed by atoms with van der Waals surface area (Å²) in [5.41, 5.74) is 2.32. The normalized spacial score (nSPS) is 12.2. The topological polar surface area (TPSA) is 55.6 Å². The number of nitrogens with zero attached hydrogens (tertiary/aromatic N) is 2. The maximum atomic E-state index is 13.9. The number of hydrogen-bond acceptors (Lipinski definition) is 3. The van der Waals surface area contributed by atoms with Gasteiger partial charge in [0.05, 0.1) is 22.3 Å². The average Bonchev–Trinajstić information content (AvgIpc) is 3.01. The van der Waals surface area contributed by atoms with Gasteiger partial charge in [0.15, 0.2) is 0 Å². The van der Waals surface area contributed by atoms with Gasteiger partial charge in [0.2, 0.25) is 5.88 Å². The molecule has 5 nitrogen and oxygen atoms in total. The summed E-state index contributed by atoms with van der Waals surface area (Å²) >= 11 is 0. The zero-order valence-electron chi connectivity index (χ0n) is 17.8. The van der Waals surface area contributed by atoms with Gasteiger partial charge < -0.3 is 10.1 Å². The molecule has 1 amide bonds. The Bertz CT molecular complexity index is 1040. The van der Waals surface area contributed by atoms with E-state index in [2.05, 4.69) is 17.3 Å². The van der Waals surface area contributed by atoms with Crippen molar-refractivity contribution in [3.05, 3.63) is 64.4 Å². The highest BCUT2D eigenvalue weighted by Crippen LogP contribution is 2.25. The van der Waals surface area contributed by atoms with Crippen LogP contribution < -0.4 is 10.1 Å². The average molecular weight is 415 g/mol. The Labute approximate surface area is 175 Å². The third-order valence-corrected chi connectivity index (χ3v) is 5.04. The van der Waals surface area contributed by atoms with E-state index in [-0.39, 0.29) is 24.1 Å². The number of ether oxygens (including phenoxy) is 1.